The fourth-order valence-corrected chi connectivity index (χ4v) is 2.78. The van der Waals surface area contributed by atoms with E-state index in [1.807, 2.05) is 0 Å². The molecule has 3 aromatic rings. The highest BCUT2D eigenvalue weighted by Gasteiger charge is 2.09. The zero-order valence-electron chi connectivity index (χ0n) is 14.5. The van der Waals surface area contributed by atoms with Crippen LogP contribution in [-0.2, 0) is 4.79 Å². The van der Waals surface area contributed by atoms with E-state index >= 15 is 0 Å². The van der Waals surface area contributed by atoms with E-state index in [-0.39, 0.29) is 18.4 Å². The summed E-state index contributed by atoms with van der Waals surface area (Å²) in [6.07, 6.45) is 3.08. The molecule has 0 aliphatic rings. The Labute approximate surface area is 171 Å². The van der Waals surface area contributed by atoms with Crippen LogP contribution in [0.3, 0.4) is 0 Å². The first kappa shape index (κ1) is 19.7. The van der Waals surface area contributed by atoms with Crippen LogP contribution >= 0.6 is 23.2 Å². The van der Waals surface area contributed by atoms with Crippen LogP contribution in [0.1, 0.15) is 10.4 Å². The van der Waals surface area contributed by atoms with E-state index in [0.717, 1.165) is 0 Å². The number of nitrogens with one attached hydrogen (secondary N) is 2. The van der Waals surface area contributed by atoms with Gasteiger partial charge in [0.05, 0.1) is 5.02 Å². The van der Waals surface area contributed by atoms with Crippen molar-refractivity contribution in [3.05, 3.63) is 82.6 Å². The molecule has 0 unspecified atom stereocenters. The summed E-state index contributed by atoms with van der Waals surface area (Å²) in [7, 11) is 0. The summed E-state index contributed by atoms with van der Waals surface area (Å²) in [6, 6.07) is 14.8. The van der Waals surface area contributed by atoms with Crippen LogP contribution in [0.4, 0.5) is 11.4 Å². The van der Waals surface area contributed by atoms with Crippen LogP contribution in [-0.4, -0.2) is 23.4 Å². The second-order valence-electron chi connectivity index (χ2n) is 5.68. The number of nitrogens with zero attached hydrogens (tertiary/aromatic N) is 1. The molecule has 0 spiro atoms. The molecule has 1 aromatic heterocycles. The normalized spacial score (nSPS) is 10.2. The molecule has 0 saturated carbocycles. The number of amides is 2. The molecule has 0 radical (unpaired) electrons. The van der Waals surface area contributed by atoms with Gasteiger partial charge in [0.15, 0.2) is 6.61 Å². The van der Waals surface area contributed by atoms with Crippen LogP contribution in [0.25, 0.3) is 0 Å². The fourth-order valence-electron chi connectivity index (χ4n) is 2.31. The molecule has 0 bridgehead atoms. The molecule has 2 amide bonds. The second-order valence-corrected chi connectivity index (χ2v) is 6.53. The van der Waals surface area contributed by atoms with E-state index in [9.17, 15) is 9.59 Å². The predicted octanol–water partition coefficient (Wildman–Crippen LogP) is 4.66. The number of carbonyl (C=O) groups is 2. The Balaban J connectivity index is 1.57. The molecule has 28 heavy (non-hydrogen) atoms. The van der Waals surface area contributed by atoms with Crippen LogP contribution in [0.2, 0.25) is 10.0 Å². The minimum Gasteiger partial charge on any atom is -0.482 e. The van der Waals surface area contributed by atoms with Gasteiger partial charge in [-0.1, -0.05) is 29.3 Å². The number of anilines is 2. The van der Waals surface area contributed by atoms with Crippen molar-refractivity contribution in [2.24, 2.45) is 0 Å². The van der Waals surface area contributed by atoms with Gasteiger partial charge in [0.25, 0.3) is 11.8 Å². The van der Waals surface area contributed by atoms with Gasteiger partial charge in [-0.05, 0) is 48.5 Å². The van der Waals surface area contributed by atoms with Crippen molar-refractivity contribution in [3.63, 3.8) is 0 Å². The molecule has 0 fully saturated rings. The molecule has 0 aliphatic carbocycles. The summed E-state index contributed by atoms with van der Waals surface area (Å²) < 4.78 is 5.40. The molecule has 8 heteroatoms. The van der Waals surface area contributed by atoms with Crippen LogP contribution in [0.15, 0.2) is 67.0 Å². The van der Waals surface area contributed by atoms with Gasteiger partial charge in [0, 0.05) is 34.4 Å². The SMILES string of the molecule is O=C(COc1ccc(Cl)cc1Cl)Nc1cccc(NC(=O)c2ccncc2)c1. The second kappa shape index (κ2) is 9.21. The number of carbonyl (C=O) groups excluding carboxylic acids is 2. The third-order valence-electron chi connectivity index (χ3n) is 3.60. The molecule has 3 rings (SSSR count). The lowest BCUT2D eigenvalue weighted by molar-refractivity contribution is -0.118. The standard InChI is InChI=1S/C20H15Cl2N3O3/c21-14-4-5-18(17(22)10-14)28-12-19(26)24-15-2-1-3-16(11-15)25-20(27)13-6-8-23-9-7-13/h1-11H,12H2,(H,24,26)(H,25,27). The first-order valence-electron chi connectivity index (χ1n) is 8.20. The summed E-state index contributed by atoms with van der Waals surface area (Å²) in [5.74, 6) is -0.283. The van der Waals surface area contributed by atoms with E-state index in [1.54, 1.807) is 60.9 Å². The molecular formula is C20H15Cl2N3O3. The molecule has 6 nitrogen and oxygen atoms in total. The van der Waals surface area contributed by atoms with Crippen molar-refractivity contribution < 1.29 is 14.3 Å². The van der Waals surface area contributed by atoms with E-state index in [1.165, 1.54) is 6.07 Å². The lowest BCUT2D eigenvalue weighted by Gasteiger charge is -2.10. The quantitative estimate of drug-likeness (QED) is 0.613. The van der Waals surface area contributed by atoms with Gasteiger partial charge in [-0.25, -0.2) is 0 Å². The zero-order valence-corrected chi connectivity index (χ0v) is 16.0. The monoisotopic (exact) mass is 415 g/mol. The van der Waals surface area contributed by atoms with Gasteiger partial charge < -0.3 is 15.4 Å². The Kier molecular flexibility index (Phi) is 6.47. The van der Waals surface area contributed by atoms with E-state index in [2.05, 4.69) is 15.6 Å². The number of pyridine rings is 1. The molecular weight excluding hydrogens is 401 g/mol. The van der Waals surface area contributed by atoms with Crippen molar-refractivity contribution in [2.75, 3.05) is 17.2 Å². The lowest BCUT2D eigenvalue weighted by Crippen LogP contribution is -2.20. The zero-order chi connectivity index (χ0) is 19.9. The van der Waals surface area contributed by atoms with E-state index in [0.29, 0.717) is 32.7 Å². The van der Waals surface area contributed by atoms with Gasteiger partial charge in [0.1, 0.15) is 5.75 Å². The maximum absolute atomic E-state index is 12.2. The molecule has 142 valence electrons. The van der Waals surface area contributed by atoms with Gasteiger partial charge in [-0.2, -0.15) is 0 Å². The van der Waals surface area contributed by atoms with Crippen molar-refractivity contribution >= 4 is 46.4 Å². The number of hydrogen-bond acceptors (Lipinski definition) is 4. The Morgan fingerprint density at radius 1 is 0.929 bits per heavy atom. The number of rotatable bonds is 6. The van der Waals surface area contributed by atoms with Gasteiger partial charge in [-0.15, -0.1) is 0 Å². The largest absolute Gasteiger partial charge is 0.482 e. The molecule has 0 saturated heterocycles. The maximum atomic E-state index is 12.2. The highest BCUT2D eigenvalue weighted by Crippen LogP contribution is 2.27. The molecule has 2 aromatic carbocycles. The number of benzene rings is 2. The summed E-state index contributed by atoms with van der Waals surface area (Å²) in [5.41, 5.74) is 1.54. The van der Waals surface area contributed by atoms with Crippen LogP contribution in [0.5, 0.6) is 5.75 Å². The Morgan fingerprint density at radius 2 is 1.64 bits per heavy atom. The fraction of sp³-hybridized carbons (Fsp3) is 0.0500. The highest BCUT2D eigenvalue weighted by atomic mass is 35.5. The summed E-state index contributed by atoms with van der Waals surface area (Å²) in [4.78, 5) is 28.2. The average molecular weight is 416 g/mol. The topological polar surface area (TPSA) is 80.3 Å². The number of ether oxygens (including phenoxy) is 1. The first-order chi connectivity index (χ1) is 13.5. The van der Waals surface area contributed by atoms with Crippen LogP contribution < -0.4 is 15.4 Å². The Hall–Kier alpha value is -3.09. The molecule has 0 atom stereocenters. The van der Waals surface area contributed by atoms with Crippen molar-refractivity contribution in [2.45, 2.75) is 0 Å². The lowest BCUT2D eigenvalue weighted by atomic mass is 10.2. The van der Waals surface area contributed by atoms with Crippen molar-refractivity contribution in [1.29, 1.82) is 0 Å². The van der Waals surface area contributed by atoms with Crippen LogP contribution in [0, 0.1) is 0 Å². The molecule has 0 aliphatic heterocycles. The Bertz CT molecular complexity index is 997. The third kappa shape index (κ3) is 5.45. The third-order valence-corrected chi connectivity index (χ3v) is 4.13. The van der Waals surface area contributed by atoms with Gasteiger partial charge in [-0.3, -0.25) is 14.6 Å². The number of hydrogen-bond donors (Lipinski definition) is 2. The number of halogens is 2. The van der Waals surface area contributed by atoms with Crippen molar-refractivity contribution in [3.8, 4) is 5.75 Å². The molecule has 1 heterocycles. The summed E-state index contributed by atoms with van der Waals surface area (Å²) >= 11 is 11.8. The first-order valence-corrected chi connectivity index (χ1v) is 8.96. The van der Waals surface area contributed by atoms with E-state index < -0.39 is 0 Å². The number of aromatic nitrogens is 1. The maximum Gasteiger partial charge on any atom is 0.262 e. The smallest absolute Gasteiger partial charge is 0.262 e. The molecule has 2 N–H and O–H groups in total. The minimum atomic E-state index is -0.372. The highest BCUT2D eigenvalue weighted by molar-refractivity contribution is 6.35. The summed E-state index contributed by atoms with van der Waals surface area (Å²) in [6.45, 7) is -0.227. The summed E-state index contributed by atoms with van der Waals surface area (Å²) in [5, 5.41) is 6.26. The predicted molar refractivity (Wildman–Crippen MR) is 109 cm³/mol. The average Bonchev–Trinajstić information content (AvgIpc) is 2.68. The van der Waals surface area contributed by atoms with Gasteiger partial charge >= 0.3 is 0 Å². The van der Waals surface area contributed by atoms with Crippen molar-refractivity contribution in [1.82, 2.24) is 4.98 Å². The van der Waals surface area contributed by atoms with Gasteiger partial charge in [0.2, 0.25) is 0 Å². The van der Waals surface area contributed by atoms with E-state index in [4.69, 9.17) is 27.9 Å². The Morgan fingerprint density at radius 3 is 2.36 bits per heavy atom. The minimum absolute atomic E-state index is 0.227.